The van der Waals surface area contributed by atoms with Gasteiger partial charge >= 0.3 is 0 Å². The van der Waals surface area contributed by atoms with Crippen molar-refractivity contribution in [1.82, 2.24) is 15.1 Å². The molecule has 1 N–H and O–H groups in total. The van der Waals surface area contributed by atoms with Crippen molar-refractivity contribution in [3.63, 3.8) is 0 Å². The topological polar surface area (TPSA) is 56.2 Å². The molecule has 0 unspecified atom stereocenters. The Morgan fingerprint density at radius 3 is 2.85 bits per heavy atom. The Hall–Kier alpha value is -2.56. The van der Waals surface area contributed by atoms with Crippen molar-refractivity contribution < 1.29 is 9.53 Å². The van der Waals surface area contributed by atoms with E-state index in [1.807, 2.05) is 36.2 Å². The van der Waals surface area contributed by atoms with Crippen LogP contribution in [0.25, 0.3) is 6.08 Å². The average Bonchev–Trinajstić information content (AvgIpc) is 3.34. The van der Waals surface area contributed by atoms with E-state index in [4.69, 9.17) is 4.74 Å². The number of carbonyl (C=O) groups excluding carboxylic acids is 1. The largest absolute Gasteiger partial charge is 0.493 e. The highest BCUT2D eigenvalue weighted by atomic mass is 16.5. The summed E-state index contributed by atoms with van der Waals surface area (Å²) in [6.45, 7) is 5.15. The fourth-order valence-electron chi connectivity index (χ4n) is 2.71. The Kier molecular flexibility index (Phi) is 6.10. The molecule has 1 aromatic heterocycles. The molecular formula is C21H27N3O2. The normalized spacial score (nSPS) is 15.2. The van der Waals surface area contributed by atoms with E-state index in [1.165, 1.54) is 25.3 Å². The molecule has 1 heterocycles. The van der Waals surface area contributed by atoms with E-state index >= 15 is 0 Å². The van der Waals surface area contributed by atoms with Gasteiger partial charge in [0.15, 0.2) is 0 Å². The molecule has 0 saturated heterocycles. The van der Waals surface area contributed by atoms with Crippen LogP contribution in [0, 0.1) is 5.92 Å². The third-order valence-corrected chi connectivity index (χ3v) is 4.40. The van der Waals surface area contributed by atoms with Crippen molar-refractivity contribution in [2.24, 2.45) is 5.92 Å². The number of amides is 1. The summed E-state index contributed by atoms with van der Waals surface area (Å²) in [6.07, 6.45) is 11.3. The highest BCUT2D eigenvalue weighted by Gasteiger charge is 2.21. The molecule has 1 fully saturated rings. The zero-order valence-corrected chi connectivity index (χ0v) is 15.5. The molecule has 0 aliphatic heterocycles. The second-order valence-electron chi connectivity index (χ2n) is 7.03. The number of benzene rings is 1. The lowest BCUT2D eigenvalue weighted by molar-refractivity contribution is -0.119. The number of aromatic nitrogens is 2. The van der Waals surface area contributed by atoms with Gasteiger partial charge in [0.05, 0.1) is 12.8 Å². The van der Waals surface area contributed by atoms with Gasteiger partial charge in [-0.05, 0) is 49.8 Å². The maximum Gasteiger partial charge on any atom is 0.217 e. The fraction of sp³-hybridized carbons (Fsp3) is 0.429. The average molecular weight is 353 g/mol. The smallest absolute Gasteiger partial charge is 0.217 e. The Morgan fingerprint density at radius 2 is 2.15 bits per heavy atom. The third kappa shape index (κ3) is 6.06. The van der Waals surface area contributed by atoms with E-state index in [0.717, 1.165) is 36.8 Å². The van der Waals surface area contributed by atoms with Crippen LogP contribution in [0.5, 0.6) is 5.75 Å². The SMILES string of the molecule is CC(=O)N[C@@H](C)C=Cc1cnn(CCc2ccc(OCC3CC3)cc2)c1. The van der Waals surface area contributed by atoms with Crippen molar-refractivity contribution in [2.45, 2.75) is 45.7 Å². The zero-order valence-electron chi connectivity index (χ0n) is 15.5. The first-order valence-electron chi connectivity index (χ1n) is 9.28. The molecule has 3 rings (SSSR count). The van der Waals surface area contributed by atoms with Crippen LogP contribution in [-0.2, 0) is 17.8 Å². The van der Waals surface area contributed by atoms with E-state index in [9.17, 15) is 4.79 Å². The number of nitrogens with zero attached hydrogens (tertiary/aromatic N) is 2. The Morgan fingerprint density at radius 1 is 1.38 bits per heavy atom. The third-order valence-electron chi connectivity index (χ3n) is 4.40. The van der Waals surface area contributed by atoms with Crippen LogP contribution >= 0.6 is 0 Å². The monoisotopic (exact) mass is 353 g/mol. The van der Waals surface area contributed by atoms with Gasteiger partial charge in [-0.25, -0.2) is 0 Å². The van der Waals surface area contributed by atoms with Crippen molar-refractivity contribution in [3.05, 3.63) is 53.9 Å². The molecule has 26 heavy (non-hydrogen) atoms. The maximum absolute atomic E-state index is 11.0. The molecule has 2 aromatic rings. The molecule has 1 aliphatic rings. The number of rotatable bonds is 9. The number of hydrogen-bond donors (Lipinski definition) is 1. The lowest BCUT2D eigenvalue weighted by atomic mass is 10.1. The van der Waals surface area contributed by atoms with Crippen molar-refractivity contribution in [1.29, 1.82) is 0 Å². The summed E-state index contributed by atoms with van der Waals surface area (Å²) in [5.74, 6) is 1.71. The van der Waals surface area contributed by atoms with E-state index in [1.54, 1.807) is 0 Å². The lowest BCUT2D eigenvalue weighted by Gasteiger charge is -2.07. The van der Waals surface area contributed by atoms with E-state index < -0.39 is 0 Å². The van der Waals surface area contributed by atoms with E-state index in [0.29, 0.717) is 0 Å². The van der Waals surface area contributed by atoms with Crippen LogP contribution in [0.15, 0.2) is 42.7 Å². The maximum atomic E-state index is 11.0. The van der Waals surface area contributed by atoms with Gasteiger partial charge in [-0.2, -0.15) is 5.10 Å². The lowest BCUT2D eigenvalue weighted by Crippen LogP contribution is -2.28. The number of hydrogen-bond acceptors (Lipinski definition) is 3. The standard InChI is InChI=1S/C21H27N3O2/c1-16(23-17(2)25)3-4-20-13-22-24(14-20)12-11-18-7-9-21(10-8-18)26-15-19-5-6-19/h3-4,7-10,13-14,16,19H,5-6,11-12,15H2,1-2H3,(H,23,25)/t16-/m0/s1. The van der Waals surface area contributed by atoms with Gasteiger partial charge in [-0.3, -0.25) is 9.48 Å². The molecule has 0 spiro atoms. The van der Waals surface area contributed by atoms with Crippen LogP contribution in [0.1, 0.15) is 37.8 Å². The Bertz CT molecular complexity index is 745. The van der Waals surface area contributed by atoms with Crippen molar-refractivity contribution >= 4 is 12.0 Å². The highest BCUT2D eigenvalue weighted by Crippen LogP contribution is 2.29. The zero-order chi connectivity index (χ0) is 18.4. The molecule has 138 valence electrons. The van der Waals surface area contributed by atoms with Gasteiger partial charge in [0.1, 0.15) is 5.75 Å². The van der Waals surface area contributed by atoms with E-state index in [-0.39, 0.29) is 11.9 Å². The molecule has 0 bridgehead atoms. The summed E-state index contributed by atoms with van der Waals surface area (Å²) < 4.78 is 7.71. The van der Waals surface area contributed by atoms with Gasteiger partial charge in [-0.15, -0.1) is 0 Å². The number of carbonyl (C=O) groups is 1. The molecule has 1 saturated carbocycles. The van der Waals surface area contributed by atoms with Crippen molar-refractivity contribution in [3.8, 4) is 5.75 Å². The second-order valence-corrected chi connectivity index (χ2v) is 7.03. The van der Waals surface area contributed by atoms with Gasteiger partial charge < -0.3 is 10.1 Å². The summed E-state index contributed by atoms with van der Waals surface area (Å²) in [5.41, 5.74) is 2.31. The number of ether oxygens (including phenoxy) is 1. The van der Waals surface area contributed by atoms with Crippen LogP contribution in [0.4, 0.5) is 0 Å². The second kappa shape index (κ2) is 8.70. The molecule has 5 heteroatoms. The quantitative estimate of drug-likeness (QED) is 0.751. The van der Waals surface area contributed by atoms with Gasteiger partial charge in [0, 0.05) is 31.3 Å². The molecule has 1 atom stereocenters. The molecule has 0 radical (unpaired) electrons. The van der Waals surface area contributed by atoms with Crippen LogP contribution in [0.2, 0.25) is 0 Å². The molecule has 1 aromatic carbocycles. The minimum atomic E-state index is -0.0261. The summed E-state index contributed by atoms with van der Waals surface area (Å²) in [4.78, 5) is 11.0. The minimum Gasteiger partial charge on any atom is -0.493 e. The van der Waals surface area contributed by atoms with Gasteiger partial charge in [-0.1, -0.05) is 24.3 Å². The first-order chi connectivity index (χ1) is 12.6. The predicted octanol–water partition coefficient (Wildman–Crippen LogP) is 3.45. The van der Waals surface area contributed by atoms with Crippen LogP contribution in [0.3, 0.4) is 0 Å². The number of nitrogens with one attached hydrogen (secondary N) is 1. The predicted molar refractivity (Wildman–Crippen MR) is 103 cm³/mol. The van der Waals surface area contributed by atoms with E-state index in [2.05, 4.69) is 34.7 Å². The molecule has 5 nitrogen and oxygen atoms in total. The first-order valence-corrected chi connectivity index (χ1v) is 9.28. The highest BCUT2D eigenvalue weighted by molar-refractivity contribution is 5.73. The minimum absolute atomic E-state index is 0.0106. The first kappa shape index (κ1) is 18.2. The Balaban J connectivity index is 1.45. The fourth-order valence-corrected chi connectivity index (χ4v) is 2.71. The summed E-state index contributed by atoms with van der Waals surface area (Å²) in [6, 6.07) is 8.37. The van der Waals surface area contributed by atoms with Gasteiger partial charge in [0.2, 0.25) is 5.91 Å². The summed E-state index contributed by atoms with van der Waals surface area (Å²) in [7, 11) is 0. The molecule has 1 amide bonds. The van der Waals surface area contributed by atoms with Crippen molar-refractivity contribution in [2.75, 3.05) is 6.61 Å². The van der Waals surface area contributed by atoms with Crippen LogP contribution in [-0.4, -0.2) is 28.3 Å². The van der Waals surface area contributed by atoms with Gasteiger partial charge in [0.25, 0.3) is 0 Å². The summed E-state index contributed by atoms with van der Waals surface area (Å²) >= 11 is 0. The van der Waals surface area contributed by atoms with Crippen LogP contribution < -0.4 is 10.1 Å². The summed E-state index contributed by atoms with van der Waals surface area (Å²) in [5, 5.41) is 7.22. The molecule has 1 aliphatic carbocycles. The molecular weight excluding hydrogens is 326 g/mol. The Labute approximate surface area is 155 Å². The number of aryl methyl sites for hydroxylation is 2.